The lowest BCUT2D eigenvalue weighted by Gasteiger charge is -2.34. The number of carboxylic acids is 1. The van der Waals surface area contributed by atoms with E-state index in [2.05, 4.69) is 5.43 Å². The molecule has 8 heteroatoms. The molecule has 2 aromatic rings. The first kappa shape index (κ1) is 26.9. The summed E-state index contributed by atoms with van der Waals surface area (Å²) in [5.41, 5.74) is 4.44. The van der Waals surface area contributed by atoms with Gasteiger partial charge in [-0.1, -0.05) is 60.2 Å². The van der Waals surface area contributed by atoms with Crippen LogP contribution in [0, 0.1) is 6.92 Å². The number of ether oxygens (including phenoxy) is 2. The maximum absolute atomic E-state index is 13.2. The van der Waals surface area contributed by atoms with Crippen LogP contribution in [0.5, 0.6) is 0 Å². The number of carbonyl (C=O) groups is 3. The molecule has 2 rings (SSSR count). The maximum Gasteiger partial charge on any atom is 0.425 e. The molecular weight excluding hydrogens is 436 g/mol. The second kappa shape index (κ2) is 12.2. The summed E-state index contributed by atoms with van der Waals surface area (Å²) in [4.78, 5) is 38.3. The maximum atomic E-state index is 13.2. The number of amides is 1. The van der Waals surface area contributed by atoms with Crippen LogP contribution in [0.1, 0.15) is 44.4 Å². The average molecular weight is 471 g/mol. The predicted molar refractivity (Wildman–Crippen MR) is 128 cm³/mol. The van der Waals surface area contributed by atoms with Gasteiger partial charge in [0.05, 0.1) is 6.61 Å². The van der Waals surface area contributed by atoms with Crippen LogP contribution in [-0.4, -0.2) is 52.4 Å². The van der Waals surface area contributed by atoms with E-state index >= 15 is 0 Å². The van der Waals surface area contributed by atoms with Crippen molar-refractivity contribution in [1.29, 1.82) is 0 Å². The van der Waals surface area contributed by atoms with E-state index in [0.717, 1.165) is 21.7 Å². The summed E-state index contributed by atoms with van der Waals surface area (Å²) in [7, 11) is 0. The highest BCUT2D eigenvalue weighted by Gasteiger charge is 2.37. The first-order valence-electron chi connectivity index (χ1n) is 11.3. The molecule has 0 saturated heterocycles. The van der Waals surface area contributed by atoms with Crippen molar-refractivity contribution in [3.63, 3.8) is 0 Å². The molecule has 0 fully saturated rings. The predicted octanol–water partition coefficient (Wildman–Crippen LogP) is 3.91. The third-order valence-corrected chi connectivity index (χ3v) is 4.85. The van der Waals surface area contributed by atoms with Gasteiger partial charge in [0.1, 0.15) is 11.6 Å². The number of hydrazine groups is 1. The van der Waals surface area contributed by atoms with E-state index in [4.69, 9.17) is 9.47 Å². The fourth-order valence-electron chi connectivity index (χ4n) is 3.37. The number of nitrogens with zero attached hydrogens (tertiary/aromatic N) is 1. The topological polar surface area (TPSA) is 105 Å². The van der Waals surface area contributed by atoms with Gasteiger partial charge in [-0.25, -0.2) is 20.0 Å². The lowest BCUT2D eigenvalue weighted by atomic mass is 10.0. The summed E-state index contributed by atoms with van der Waals surface area (Å²) in [6.45, 7) is 8.78. The third kappa shape index (κ3) is 8.51. The largest absolute Gasteiger partial charge is 0.480 e. The Hall–Kier alpha value is -3.39. The zero-order chi connectivity index (χ0) is 25.3. The van der Waals surface area contributed by atoms with Crippen molar-refractivity contribution in [2.24, 2.45) is 0 Å². The van der Waals surface area contributed by atoms with Gasteiger partial charge in [0.15, 0.2) is 6.04 Å². The van der Waals surface area contributed by atoms with Gasteiger partial charge in [-0.3, -0.25) is 4.79 Å². The van der Waals surface area contributed by atoms with E-state index < -0.39 is 35.7 Å². The van der Waals surface area contributed by atoms with Crippen molar-refractivity contribution in [3.8, 4) is 0 Å². The summed E-state index contributed by atoms with van der Waals surface area (Å²) in [6, 6.07) is 14.2. The first-order chi connectivity index (χ1) is 16.0. The molecule has 0 aliphatic rings. The number of nitrogens with one attached hydrogen (secondary N) is 1. The fraction of sp³-hybridized carbons (Fsp3) is 0.423. The number of carbonyl (C=O) groups excluding carboxylic acids is 2. The molecule has 0 heterocycles. The Kier molecular flexibility index (Phi) is 9.62. The van der Waals surface area contributed by atoms with Crippen LogP contribution in [0.4, 0.5) is 4.79 Å². The Morgan fingerprint density at radius 3 is 2.21 bits per heavy atom. The van der Waals surface area contributed by atoms with Gasteiger partial charge in [-0.15, -0.1) is 0 Å². The smallest absolute Gasteiger partial charge is 0.425 e. The molecule has 0 bridgehead atoms. The summed E-state index contributed by atoms with van der Waals surface area (Å²) in [5.74, 6) is -1.83. The van der Waals surface area contributed by atoms with Crippen molar-refractivity contribution in [2.45, 2.75) is 65.1 Å². The van der Waals surface area contributed by atoms with Gasteiger partial charge in [0, 0.05) is 12.8 Å². The molecule has 2 atom stereocenters. The Labute approximate surface area is 200 Å². The normalized spacial score (nSPS) is 13.0. The summed E-state index contributed by atoms with van der Waals surface area (Å²) >= 11 is 0. The summed E-state index contributed by atoms with van der Waals surface area (Å²) < 4.78 is 10.8. The first-order valence-corrected chi connectivity index (χ1v) is 11.3. The van der Waals surface area contributed by atoms with E-state index in [-0.39, 0.29) is 19.4 Å². The van der Waals surface area contributed by atoms with Gasteiger partial charge >= 0.3 is 18.0 Å². The molecule has 0 aliphatic carbocycles. The number of rotatable bonds is 10. The van der Waals surface area contributed by atoms with Crippen molar-refractivity contribution in [1.82, 2.24) is 10.4 Å². The van der Waals surface area contributed by atoms with Gasteiger partial charge in [-0.2, -0.15) is 0 Å². The van der Waals surface area contributed by atoms with E-state index in [9.17, 15) is 19.5 Å². The minimum absolute atomic E-state index is 0.0944. The SMILES string of the molecule is CCOC(=O)[C@H](Cc1ccccc1)N(N[C@@H](Cc1cccc(C)c1)C(=O)O)C(=O)OC(C)(C)C. The zero-order valence-corrected chi connectivity index (χ0v) is 20.4. The Bertz CT molecular complexity index is 971. The van der Waals surface area contributed by atoms with Crippen LogP contribution >= 0.6 is 0 Å². The van der Waals surface area contributed by atoms with E-state index in [1.165, 1.54) is 0 Å². The monoisotopic (exact) mass is 470 g/mol. The Morgan fingerprint density at radius 1 is 1.00 bits per heavy atom. The van der Waals surface area contributed by atoms with Crippen LogP contribution in [0.15, 0.2) is 54.6 Å². The van der Waals surface area contributed by atoms with Gasteiger partial charge in [0.25, 0.3) is 0 Å². The average Bonchev–Trinajstić information content (AvgIpc) is 2.74. The van der Waals surface area contributed by atoms with Crippen molar-refractivity contribution in [2.75, 3.05) is 6.61 Å². The molecule has 0 aromatic heterocycles. The lowest BCUT2D eigenvalue weighted by molar-refractivity contribution is -0.153. The molecule has 184 valence electrons. The Balaban J connectivity index is 2.43. The van der Waals surface area contributed by atoms with Crippen LogP contribution in [0.3, 0.4) is 0 Å². The number of aryl methyl sites for hydroxylation is 1. The quantitative estimate of drug-likeness (QED) is 0.401. The molecule has 2 aromatic carbocycles. The number of aliphatic carboxylic acids is 1. The second-order valence-corrected chi connectivity index (χ2v) is 9.02. The Morgan fingerprint density at radius 2 is 1.65 bits per heavy atom. The van der Waals surface area contributed by atoms with Crippen LogP contribution in [0.25, 0.3) is 0 Å². The van der Waals surface area contributed by atoms with E-state index in [1.807, 2.05) is 61.5 Å². The molecule has 0 unspecified atom stereocenters. The number of benzene rings is 2. The molecule has 0 spiro atoms. The number of carboxylic acid groups (broad SMARTS) is 1. The number of esters is 1. The summed E-state index contributed by atoms with van der Waals surface area (Å²) in [5, 5.41) is 10.9. The van der Waals surface area contributed by atoms with Crippen LogP contribution < -0.4 is 5.43 Å². The van der Waals surface area contributed by atoms with Crippen LogP contribution in [0.2, 0.25) is 0 Å². The van der Waals surface area contributed by atoms with E-state index in [0.29, 0.717) is 0 Å². The highest BCUT2D eigenvalue weighted by Crippen LogP contribution is 2.17. The lowest BCUT2D eigenvalue weighted by Crippen LogP contribution is -2.60. The van der Waals surface area contributed by atoms with Crippen molar-refractivity contribution in [3.05, 3.63) is 71.3 Å². The molecule has 0 radical (unpaired) electrons. The zero-order valence-electron chi connectivity index (χ0n) is 20.4. The number of hydrogen-bond donors (Lipinski definition) is 2. The highest BCUT2D eigenvalue weighted by atomic mass is 16.6. The molecule has 8 nitrogen and oxygen atoms in total. The summed E-state index contributed by atoms with van der Waals surface area (Å²) in [6.07, 6.45) is -0.656. The van der Waals surface area contributed by atoms with Gasteiger partial charge in [-0.05, 0) is 45.7 Å². The second-order valence-electron chi connectivity index (χ2n) is 9.02. The molecule has 2 N–H and O–H groups in total. The fourth-order valence-corrected chi connectivity index (χ4v) is 3.37. The standard InChI is InChI=1S/C26H34N2O6/c1-6-33-24(31)22(17-19-12-8-7-9-13-19)28(25(32)34-26(3,4)5)27-21(23(29)30)16-20-14-10-11-18(2)15-20/h7-15,21-22,27H,6,16-17H2,1-5H3,(H,29,30)/t21-,22-/m0/s1. The molecule has 1 amide bonds. The minimum atomic E-state index is -1.19. The molecular formula is C26H34N2O6. The highest BCUT2D eigenvalue weighted by molar-refractivity contribution is 5.82. The third-order valence-electron chi connectivity index (χ3n) is 4.85. The van der Waals surface area contributed by atoms with Gasteiger partial charge < -0.3 is 14.6 Å². The van der Waals surface area contributed by atoms with Crippen LogP contribution in [-0.2, 0) is 31.9 Å². The minimum Gasteiger partial charge on any atom is -0.480 e. The molecule has 0 saturated carbocycles. The molecule has 0 aliphatic heterocycles. The number of hydrogen-bond acceptors (Lipinski definition) is 6. The van der Waals surface area contributed by atoms with E-state index in [1.54, 1.807) is 27.7 Å². The molecule has 34 heavy (non-hydrogen) atoms. The van der Waals surface area contributed by atoms with Crippen molar-refractivity contribution >= 4 is 18.0 Å². The van der Waals surface area contributed by atoms with Crippen molar-refractivity contribution < 1.29 is 29.0 Å². The van der Waals surface area contributed by atoms with Gasteiger partial charge in [0.2, 0.25) is 0 Å².